The van der Waals surface area contributed by atoms with Crippen LogP contribution in [-0.4, -0.2) is 17.8 Å². The van der Waals surface area contributed by atoms with Gasteiger partial charge in [-0.1, -0.05) is 24.6 Å². The van der Waals surface area contributed by atoms with Crippen molar-refractivity contribution in [2.45, 2.75) is 44.5 Å². The number of hydrogen-bond donors (Lipinski definition) is 2. The van der Waals surface area contributed by atoms with E-state index >= 15 is 0 Å². The highest BCUT2D eigenvalue weighted by Gasteiger charge is 2.30. The number of hydrogen-bond acceptors (Lipinski definition) is 2. The Kier molecular flexibility index (Phi) is 5.05. The summed E-state index contributed by atoms with van der Waals surface area (Å²) in [6.07, 6.45) is -0.753. The van der Waals surface area contributed by atoms with Gasteiger partial charge < -0.3 is 10.4 Å². The molecule has 112 valence electrons. The van der Waals surface area contributed by atoms with Gasteiger partial charge in [0.25, 0.3) is 0 Å². The SMILES string of the molecule is OC1CCCC(CNCc2cccc(C(F)(F)F)c2)C1. The third-order valence-electron chi connectivity index (χ3n) is 3.77. The Bertz CT molecular complexity index is 433. The van der Waals surface area contributed by atoms with Crippen molar-refractivity contribution < 1.29 is 18.3 Å². The van der Waals surface area contributed by atoms with E-state index in [9.17, 15) is 18.3 Å². The van der Waals surface area contributed by atoms with E-state index in [2.05, 4.69) is 5.32 Å². The molecule has 1 aliphatic carbocycles. The van der Waals surface area contributed by atoms with E-state index in [0.717, 1.165) is 38.3 Å². The lowest BCUT2D eigenvalue weighted by Gasteiger charge is -2.26. The molecule has 1 aliphatic rings. The van der Waals surface area contributed by atoms with Gasteiger partial charge in [0.05, 0.1) is 11.7 Å². The number of aliphatic hydroxyl groups excluding tert-OH is 1. The van der Waals surface area contributed by atoms with E-state index in [0.29, 0.717) is 18.0 Å². The molecule has 0 bridgehead atoms. The summed E-state index contributed by atoms with van der Waals surface area (Å²) in [5.41, 5.74) is 0.0288. The van der Waals surface area contributed by atoms with Crippen molar-refractivity contribution in [2.75, 3.05) is 6.54 Å². The molecule has 2 unspecified atom stereocenters. The number of nitrogens with one attached hydrogen (secondary N) is 1. The minimum Gasteiger partial charge on any atom is -0.393 e. The minimum absolute atomic E-state index is 0.218. The lowest BCUT2D eigenvalue weighted by Crippen LogP contribution is -2.28. The number of rotatable bonds is 4. The summed E-state index contributed by atoms with van der Waals surface area (Å²) in [7, 11) is 0. The average molecular weight is 287 g/mol. The third kappa shape index (κ3) is 4.49. The maximum absolute atomic E-state index is 12.6. The second-order valence-corrected chi connectivity index (χ2v) is 5.52. The summed E-state index contributed by atoms with van der Waals surface area (Å²) in [5.74, 6) is 0.421. The maximum atomic E-state index is 12.6. The second kappa shape index (κ2) is 6.59. The molecule has 2 rings (SSSR count). The van der Waals surface area contributed by atoms with Crippen molar-refractivity contribution in [1.29, 1.82) is 0 Å². The Morgan fingerprint density at radius 3 is 2.75 bits per heavy atom. The van der Waals surface area contributed by atoms with Crippen molar-refractivity contribution in [1.82, 2.24) is 5.32 Å². The summed E-state index contributed by atoms with van der Waals surface area (Å²) in [5, 5.41) is 12.8. The summed E-state index contributed by atoms with van der Waals surface area (Å²) in [6, 6.07) is 5.39. The van der Waals surface area contributed by atoms with Crippen LogP contribution in [0.1, 0.15) is 36.8 Å². The Labute approximate surface area is 117 Å². The van der Waals surface area contributed by atoms with Gasteiger partial charge in [-0.15, -0.1) is 0 Å². The smallest absolute Gasteiger partial charge is 0.393 e. The Hall–Kier alpha value is -1.07. The van der Waals surface area contributed by atoms with Crippen molar-refractivity contribution in [3.63, 3.8) is 0 Å². The lowest BCUT2D eigenvalue weighted by atomic mass is 9.87. The molecule has 2 atom stereocenters. The zero-order chi connectivity index (χ0) is 14.6. The number of halogens is 3. The van der Waals surface area contributed by atoms with Crippen LogP contribution in [0.4, 0.5) is 13.2 Å². The summed E-state index contributed by atoms with van der Waals surface area (Å²) >= 11 is 0. The zero-order valence-electron chi connectivity index (χ0n) is 11.3. The Balaban J connectivity index is 1.82. The maximum Gasteiger partial charge on any atom is 0.416 e. The van der Waals surface area contributed by atoms with Crippen LogP contribution in [0.3, 0.4) is 0 Å². The monoisotopic (exact) mass is 287 g/mol. The van der Waals surface area contributed by atoms with Gasteiger partial charge in [0.15, 0.2) is 0 Å². The van der Waals surface area contributed by atoms with Crippen molar-refractivity contribution in [3.05, 3.63) is 35.4 Å². The Morgan fingerprint density at radius 1 is 1.25 bits per heavy atom. The molecule has 1 aromatic rings. The van der Waals surface area contributed by atoms with Gasteiger partial charge in [0.2, 0.25) is 0 Å². The first kappa shape index (κ1) is 15.3. The molecule has 0 heterocycles. The van der Waals surface area contributed by atoms with Gasteiger partial charge >= 0.3 is 6.18 Å². The lowest BCUT2D eigenvalue weighted by molar-refractivity contribution is -0.137. The molecule has 0 spiro atoms. The number of benzene rings is 1. The average Bonchev–Trinajstić information content (AvgIpc) is 2.38. The highest BCUT2D eigenvalue weighted by atomic mass is 19.4. The summed E-state index contributed by atoms with van der Waals surface area (Å²) in [6.45, 7) is 1.17. The fourth-order valence-electron chi connectivity index (χ4n) is 2.73. The van der Waals surface area contributed by atoms with Crippen LogP contribution < -0.4 is 5.32 Å². The topological polar surface area (TPSA) is 32.3 Å². The van der Waals surface area contributed by atoms with Crippen LogP contribution in [0.15, 0.2) is 24.3 Å². The van der Waals surface area contributed by atoms with Crippen molar-refractivity contribution in [3.8, 4) is 0 Å². The van der Waals surface area contributed by atoms with E-state index in [1.807, 2.05) is 0 Å². The van der Waals surface area contributed by atoms with E-state index in [1.54, 1.807) is 6.07 Å². The highest BCUT2D eigenvalue weighted by Crippen LogP contribution is 2.29. The van der Waals surface area contributed by atoms with E-state index < -0.39 is 11.7 Å². The molecule has 2 N–H and O–H groups in total. The van der Waals surface area contributed by atoms with Gasteiger partial charge in [-0.3, -0.25) is 0 Å². The third-order valence-corrected chi connectivity index (χ3v) is 3.77. The molecule has 2 nitrogen and oxygen atoms in total. The molecular weight excluding hydrogens is 267 g/mol. The standard InChI is InChI=1S/C15H20F3NO/c16-15(17,18)13-5-1-3-11(7-13)9-19-10-12-4-2-6-14(20)8-12/h1,3,5,7,12,14,19-20H,2,4,6,8-10H2. The first-order chi connectivity index (χ1) is 9.45. The predicted molar refractivity (Wildman–Crippen MR) is 71.1 cm³/mol. The molecule has 1 saturated carbocycles. The molecule has 20 heavy (non-hydrogen) atoms. The fraction of sp³-hybridized carbons (Fsp3) is 0.600. The zero-order valence-corrected chi connectivity index (χ0v) is 11.3. The molecule has 0 aromatic heterocycles. The molecular formula is C15H20F3NO. The van der Waals surface area contributed by atoms with E-state index in [-0.39, 0.29) is 6.10 Å². The Morgan fingerprint density at radius 2 is 2.05 bits per heavy atom. The van der Waals surface area contributed by atoms with Crippen LogP contribution in [-0.2, 0) is 12.7 Å². The first-order valence-electron chi connectivity index (χ1n) is 7.00. The summed E-state index contributed by atoms with van der Waals surface area (Å²) < 4.78 is 37.7. The van der Waals surface area contributed by atoms with Crippen LogP contribution in [0.2, 0.25) is 0 Å². The number of aliphatic hydroxyl groups is 1. The van der Waals surface area contributed by atoms with Gasteiger partial charge in [0.1, 0.15) is 0 Å². The van der Waals surface area contributed by atoms with Crippen LogP contribution in [0.25, 0.3) is 0 Å². The molecule has 1 aromatic carbocycles. The fourth-order valence-corrected chi connectivity index (χ4v) is 2.73. The van der Waals surface area contributed by atoms with Gasteiger partial charge in [-0.05, 0) is 43.4 Å². The van der Waals surface area contributed by atoms with Crippen molar-refractivity contribution >= 4 is 0 Å². The minimum atomic E-state index is -4.29. The number of alkyl halides is 3. The molecule has 1 fully saturated rings. The highest BCUT2D eigenvalue weighted by molar-refractivity contribution is 5.25. The normalized spacial score (nSPS) is 23.8. The molecule has 0 saturated heterocycles. The van der Waals surface area contributed by atoms with E-state index in [1.165, 1.54) is 12.1 Å². The molecule has 5 heteroatoms. The van der Waals surface area contributed by atoms with Crippen LogP contribution in [0, 0.1) is 5.92 Å². The molecule has 0 amide bonds. The largest absolute Gasteiger partial charge is 0.416 e. The summed E-state index contributed by atoms with van der Waals surface area (Å²) in [4.78, 5) is 0. The first-order valence-corrected chi connectivity index (χ1v) is 7.00. The van der Waals surface area contributed by atoms with Gasteiger partial charge in [-0.25, -0.2) is 0 Å². The van der Waals surface area contributed by atoms with Crippen molar-refractivity contribution in [2.24, 2.45) is 5.92 Å². The van der Waals surface area contributed by atoms with E-state index in [4.69, 9.17) is 0 Å². The second-order valence-electron chi connectivity index (χ2n) is 5.52. The molecule has 0 aliphatic heterocycles. The van der Waals surface area contributed by atoms with Crippen LogP contribution >= 0.6 is 0 Å². The predicted octanol–water partition coefficient (Wildman–Crippen LogP) is 3.35. The van der Waals surface area contributed by atoms with Gasteiger partial charge in [-0.2, -0.15) is 13.2 Å². The van der Waals surface area contributed by atoms with Crippen LogP contribution in [0.5, 0.6) is 0 Å². The van der Waals surface area contributed by atoms with Gasteiger partial charge in [0, 0.05) is 6.54 Å². The quantitative estimate of drug-likeness (QED) is 0.890. The molecule has 0 radical (unpaired) electrons.